The van der Waals surface area contributed by atoms with Crippen molar-refractivity contribution in [3.05, 3.63) is 88.0 Å². The number of aromatic nitrogens is 6. The van der Waals surface area contributed by atoms with Gasteiger partial charge in [-0.2, -0.15) is 0 Å². The molecule has 4 rings (SSSR count). The average molecular weight is 532 g/mol. The molecule has 6 nitrogen and oxygen atoms in total. The van der Waals surface area contributed by atoms with Crippen molar-refractivity contribution in [1.82, 2.24) is 15.0 Å². The van der Waals surface area contributed by atoms with E-state index in [4.69, 9.17) is 0 Å². The van der Waals surface area contributed by atoms with Crippen molar-refractivity contribution >= 4 is 0 Å². The van der Waals surface area contributed by atoms with Crippen molar-refractivity contribution in [2.24, 2.45) is 0 Å². The van der Waals surface area contributed by atoms with Gasteiger partial charge in [0.2, 0.25) is 0 Å². The minimum Gasteiger partial charge on any atom is -0.247 e. The van der Waals surface area contributed by atoms with Gasteiger partial charge in [0.1, 0.15) is 37.2 Å². The Morgan fingerprint density at radius 2 is 0.769 bits per heavy atom. The molecular weight excluding hydrogens is 480 g/mol. The monoisotopic (exact) mass is 531 g/mol. The maximum atomic E-state index is 3.57. The van der Waals surface area contributed by atoms with E-state index in [2.05, 4.69) is 107 Å². The first-order valence-corrected chi connectivity index (χ1v) is 15.3. The Hall–Kier alpha value is -3.15. The summed E-state index contributed by atoms with van der Waals surface area (Å²) < 4.78 is 7.23. The van der Waals surface area contributed by atoms with Crippen LogP contribution in [-0.2, 0) is 38.9 Å². The van der Waals surface area contributed by atoms with Crippen LogP contribution in [0.2, 0.25) is 0 Å². The summed E-state index contributed by atoms with van der Waals surface area (Å²) in [5.74, 6) is 3.89. The Morgan fingerprint density at radius 1 is 0.487 bits per heavy atom. The van der Waals surface area contributed by atoms with Crippen LogP contribution < -0.4 is 13.7 Å². The Labute approximate surface area is 235 Å². The molecule has 0 aliphatic heterocycles. The summed E-state index contributed by atoms with van der Waals surface area (Å²) in [4.78, 5) is 10.7. The average Bonchev–Trinajstić information content (AvgIpc) is 3.69. The lowest BCUT2D eigenvalue weighted by Gasteiger charge is -2.21. The first-order chi connectivity index (χ1) is 19.0. The van der Waals surface area contributed by atoms with Crippen molar-refractivity contribution in [3.8, 4) is 0 Å². The van der Waals surface area contributed by atoms with Gasteiger partial charge in [-0.25, -0.2) is 28.7 Å². The van der Waals surface area contributed by atoms with E-state index in [1.807, 2.05) is 0 Å². The first-order valence-electron chi connectivity index (χ1n) is 15.3. The fourth-order valence-corrected chi connectivity index (χ4v) is 5.95. The molecule has 0 saturated heterocycles. The topological polar surface area (TPSA) is 59.0 Å². The second kappa shape index (κ2) is 13.8. The van der Waals surface area contributed by atoms with E-state index in [-0.39, 0.29) is 0 Å². The van der Waals surface area contributed by atoms with Gasteiger partial charge in [0.25, 0.3) is 17.5 Å². The summed E-state index contributed by atoms with van der Waals surface area (Å²) in [7, 11) is 0. The molecule has 6 heteroatoms. The molecule has 1 aromatic carbocycles. The number of imidazole rings is 3. The number of aromatic amines is 3. The summed E-state index contributed by atoms with van der Waals surface area (Å²) in [6.07, 6.45) is 22.9. The number of H-pyrrole nitrogens is 3. The van der Waals surface area contributed by atoms with E-state index in [1.165, 1.54) is 89.4 Å². The van der Waals surface area contributed by atoms with E-state index in [1.54, 1.807) is 0 Å². The molecule has 0 spiro atoms. The summed E-state index contributed by atoms with van der Waals surface area (Å²) >= 11 is 0. The van der Waals surface area contributed by atoms with Crippen LogP contribution in [0.4, 0.5) is 0 Å². The van der Waals surface area contributed by atoms with Crippen LogP contribution in [0.3, 0.4) is 0 Å². The fraction of sp³-hybridized carbons (Fsp3) is 0.545. The van der Waals surface area contributed by atoms with Crippen molar-refractivity contribution < 1.29 is 13.7 Å². The summed E-state index contributed by atoms with van der Waals surface area (Å²) in [6.45, 7) is 17.0. The smallest absolute Gasteiger partial charge is 0.247 e. The first kappa shape index (κ1) is 28.8. The molecule has 0 saturated carbocycles. The number of unbranched alkanes of at least 4 members (excludes halogenated alkanes) is 3. The molecular formula is C33H51N6+3. The third-order valence-electron chi connectivity index (χ3n) is 8.56. The van der Waals surface area contributed by atoms with Crippen molar-refractivity contribution in [2.75, 3.05) is 0 Å². The number of benzene rings is 1. The van der Waals surface area contributed by atoms with Crippen LogP contribution in [0.1, 0.15) is 110 Å². The van der Waals surface area contributed by atoms with Crippen LogP contribution in [0.5, 0.6) is 0 Å². The third kappa shape index (κ3) is 6.71. The highest BCUT2D eigenvalue weighted by atomic mass is 15.1. The molecule has 0 amide bonds. The van der Waals surface area contributed by atoms with Gasteiger partial charge in [0.05, 0.1) is 38.9 Å². The highest BCUT2D eigenvalue weighted by molar-refractivity contribution is 5.52. The number of rotatable bonds is 15. The highest BCUT2D eigenvalue weighted by Crippen LogP contribution is 2.31. The predicted molar refractivity (Wildman–Crippen MR) is 157 cm³/mol. The number of nitrogens with one attached hydrogen (secondary N) is 3. The van der Waals surface area contributed by atoms with Crippen molar-refractivity contribution in [2.45, 2.75) is 119 Å². The summed E-state index contributed by atoms with van der Waals surface area (Å²) in [5, 5.41) is 0. The standard InChI is InChI=1S/C33H48N6/c1-7-10-16-37-19-13-34-31(37)22-28-25(4)29(23-32-35-14-20-38(32)17-11-8-2)27(6)30(26(28)5)24-33-36-15-21-39(33)18-12-9-3/h13-15,19-21H,7-12,16-18,22-24H2,1-6H3/p+3. The minimum atomic E-state index is 0.926. The van der Waals surface area contributed by atoms with Crippen molar-refractivity contribution in [3.63, 3.8) is 0 Å². The van der Waals surface area contributed by atoms with E-state index in [0.29, 0.717) is 0 Å². The molecule has 0 fully saturated rings. The quantitative estimate of drug-likeness (QED) is 0.167. The zero-order valence-corrected chi connectivity index (χ0v) is 25.3. The third-order valence-corrected chi connectivity index (χ3v) is 8.56. The van der Waals surface area contributed by atoms with Crippen LogP contribution in [0.25, 0.3) is 0 Å². The largest absolute Gasteiger partial charge is 0.258 e. The van der Waals surface area contributed by atoms with Gasteiger partial charge < -0.3 is 0 Å². The van der Waals surface area contributed by atoms with Gasteiger partial charge >= 0.3 is 0 Å². The zero-order chi connectivity index (χ0) is 27.8. The second-order valence-corrected chi connectivity index (χ2v) is 11.2. The maximum Gasteiger partial charge on any atom is 0.258 e. The molecule has 4 aromatic rings. The molecule has 3 heterocycles. The Balaban J connectivity index is 1.78. The molecule has 39 heavy (non-hydrogen) atoms. The molecule has 0 aliphatic rings. The Bertz CT molecular complexity index is 1150. The highest BCUT2D eigenvalue weighted by Gasteiger charge is 2.25. The second-order valence-electron chi connectivity index (χ2n) is 11.2. The van der Waals surface area contributed by atoms with Crippen LogP contribution >= 0.6 is 0 Å². The van der Waals surface area contributed by atoms with Gasteiger partial charge in [-0.05, 0) is 73.4 Å². The molecule has 3 aromatic heterocycles. The van der Waals surface area contributed by atoms with Gasteiger partial charge in [-0.15, -0.1) is 0 Å². The van der Waals surface area contributed by atoms with Crippen molar-refractivity contribution in [1.29, 1.82) is 0 Å². The van der Waals surface area contributed by atoms with Crippen LogP contribution in [0, 0.1) is 20.8 Å². The molecule has 0 atom stereocenters. The number of aryl methyl sites for hydroxylation is 3. The van der Waals surface area contributed by atoms with E-state index in [0.717, 1.165) is 38.9 Å². The predicted octanol–water partition coefficient (Wildman–Crippen LogP) is 5.63. The maximum absolute atomic E-state index is 3.57. The molecule has 3 N–H and O–H groups in total. The molecule has 0 aliphatic carbocycles. The van der Waals surface area contributed by atoms with E-state index < -0.39 is 0 Å². The summed E-state index contributed by atoms with van der Waals surface area (Å²) in [5.41, 5.74) is 8.72. The van der Waals surface area contributed by atoms with Gasteiger partial charge in [-0.1, -0.05) is 40.0 Å². The number of hydrogen-bond donors (Lipinski definition) is 3. The normalized spacial score (nSPS) is 11.5. The van der Waals surface area contributed by atoms with E-state index >= 15 is 0 Å². The minimum absolute atomic E-state index is 0.926. The molecule has 0 unspecified atom stereocenters. The lowest BCUT2D eigenvalue weighted by Crippen LogP contribution is -2.37. The molecule has 210 valence electrons. The summed E-state index contributed by atoms with van der Waals surface area (Å²) in [6, 6.07) is 0. The van der Waals surface area contributed by atoms with E-state index in [9.17, 15) is 0 Å². The fourth-order valence-electron chi connectivity index (χ4n) is 5.95. The number of nitrogens with zero attached hydrogens (tertiary/aromatic N) is 3. The lowest BCUT2D eigenvalue weighted by molar-refractivity contribution is -0.703. The Morgan fingerprint density at radius 3 is 1.03 bits per heavy atom. The number of hydrogen-bond acceptors (Lipinski definition) is 0. The Kier molecular flexibility index (Phi) is 10.2. The zero-order valence-electron chi connectivity index (χ0n) is 25.3. The van der Waals surface area contributed by atoms with Crippen LogP contribution in [-0.4, -0.2) is 15.0 Å². The van der Waals surface area contributed by atoms with Gasteiger partial charge in [0, 0.05) is 0 Å². The van der Waals surface area contributed by atoms with Gasteiger partial charge in [-0.3, -0.25) is 0 Å². The SMILES string of the molecule is CCCC[n+]1cc[nH]c1Cc1c(C)c(Cc2[nH]cc[n+]2CCCC)c(C)c(Cc2[nH]cc[n+]2CCCC)c1C. The van der Waals surface area contributed by atoms with Crippen LogP contribution in [0.15, 0.2) is 37.2 Å². The molecule has 0 bridgehead atoms. The lowest BCUT2D eigenvalue weighted by atomic mass is 9.84. The molecule has 0 radical (unpaired) electrons. The van der Waals surface area contributed by atoms with Gasteiger partial charge in [0.15, 0.2) is 0 Å².